The number of aromatic nitrogens is 1. The predicted molar refractivity (Wildman–Crippen MR) is 228 cm³/mol. The van der Waals surface area contributed by atoms with Gasteiger partial charge in [-0.2, -0.15) is 0 Å². The van der Waals surface area contributed by atoms with E-state index in [0.717, 1.165) is 11.6 Å². The number of hydrogen-bond acceptors (Lipinski definition) is 10. The Balaban J connectivity index is 1.14. The molecule has 5 rings (SSSR count). The highest BCUT2D eigenvalue weighted by atomic mass is 19.1. The maximum Gasteiger partial charge on any atom is 0.410 e. The van der Waals surface area contributed by atoms with Crippen LogP contribution in [0, 0.1) is 17.7 Å². The Kier molecular flexibility index (Phi) is 16.0. The summed E-state index contributed by atoms with van der Waals surface area (Å²) in [6.07, 6.45) is 0.312. The molecule has 4 aromatic rings. The van der Waals surface area contributed by atoms with Crippen LogP contribution in [0.2, 0.25) is 0 Å². The van der Waals surface area contributed by atoms with E-state index in [2.05, 4.69) is 16.0 Å². The Bertz CT molecular complexity index is 2310. The first-order chi connectivity index (χ1) is 29.6. The van der Waals surface area contributed by atoms with Gasteiger partial charge in [-0.05, 0) is 61.1 Å². The van der Waals surface area contributed by atoms with Crippen LogP contribution in [0.15, 0.2) is 77.7 Å². The molecule has 1 aromatic heterocycles. The molecule has 0 unspecified atom stereocenters. The van der Waals surface area contributed by atoms with Gasteiger partial charge in [-0.3, -0.25) is 14.4 Å². The molecule has 0 saturated carbocycles. The maximum atomic E-state index is 15.3. The minimum atomic E-state index is -1.39. The van der Waals surface area contributed by atoms with E-state index in [1.54, 1.807) is 66.6 Å². The number of aryl methyl sites for hydroxylation is 1. The molecule has 0 bridgehead atoms. The van der Waals surface area contributed by atoms with Crippen LogP contribution in [0.5, 0.6) is 0 Å². The number of fused-ring (bicyclic) bond motifs is 1. The van der Waals surface area contributed by atoms with Crippen LogP contribution in [-0.4, -0.2) is 89.2 Å². The first-order valence-corrected chi connectivity index (χ1v) is 20.3. The van der Waals surface area contributed by atoms with Gasteiger partial charge in [-0.15, -0.1) is 0 Å². The van der Waals surface area contributed by atoms with Crippen molar-refractivity contribution >= 4 is 58.2 Å². The number of carboxylic acid groups (broad SMARTS) is 1. The Morgan fingerprint density at radius 2 is 1.56 bits per heavy atom. The van der Waals surface area contributed by atoms with Crippen LogP contribution < -0.4 is 32.0 Å². The molecule has 1 aliphatic heterocycles. The lowest BCUT2D eigenvalue weighted by Gasteiger charge is -2.35. The molecule has 18 heteroatoms. The third-order valence-electron chi connectivity index (χ3n) is 10.5. The lowest BCUT2D eigenvalue weighted by Crippen LogP contribution is -2.49. The van der Waals surface area contributed by atoms with Crippen molar-refractivity contribution in [2.24, 2.45) is 17.6 Å². The molecule has 1 fully saturated rings. The summed E-state index contributed by atoms with van der Waals surface area (Å²) >= 11 is 0. The SMILES string of the molecule is CCn1cc(C(=O)O)c(=O)c2cc(F)c(N3CCN(C(=O)OCc4ccc(NC(=O)[C@H](CCCNC(N)=O)CC(=O)[C@@H](NC(=O)OCc5ccccc5)C(C)C)cc4)CC3)cc21. The number of aromatic carboxylic acids is 1. The lowest BCUT2D eigenvalue weighted by molar-refractivity contribution is -0.128. The zero-order chi connectivity index (χ0) is 44.9. The number of urea groups is 1. The number of ketones is 1. The highest BCUT2D eigenvalue weighted by Gasteiger charge is 2.30. The van der Waals surface area contributed by atoms with Gasteiger partial charge in [0.1, 0.15) is 24.6 Å². The van der Waals surface area contributed by atoms with Gasteiger partial charge in [0.15, 0.2) is 5.78 Å². The van der Waals surface area contributed by atoms with Crippen molar-refractivity contribution in [3.63, 3.8) is 0 Å². The predicted octanol–water partition coefficient (Wildman–Crippen LogP) is 5.23. The number of halogens is 1. The Labute approximate surface area is 357 Å². The van der Waals surface area contributed by atoms with E-state index in [4.69, 9.17) is 15.2 Å². The normalized spacial score (nSPS) is 13.6. The van der Waals surface area contributed by atoms with Gasteiger partial charge in [0, 0.05) is 68.9 Å². The standard InChI is InChI=1S/C44H52FN7O10/c1-4-50-24-33(41(56)57)39(54)32-22-34(45)36(23-35(32)50)51-17-19-52(20-18-51)44(60)62-26-29-12-14-31(15-13-29)48-40(55)30(11-8-16-47-42(46)58)21-37(53)38(27(2)3)49-43(59)61-25-28-9-6-5-7-10-28/h5-7,9-10,12-15,22-24,27,30,38H,4,8,11,16-21,25-26H2,1-3H3,(H,48,55)(H,49,59)(H,56,57)(H3,46,47,58)/t30-,38+/m1/s1. The average Bonchev–Trinajstić information content (AvgIpc) is 3.25. The largest absolute Gasteiger partial charge is 0.477 e. The summed E-state index contributed by atoms with van der Waals surface area (Å²) in [7, 11) is 0. The van der Waals surface area contributed by atoms with Gasteiger partial charge in [-0.25, -0.2) is 23.6 Å². The molecule has 0 aliphatic carbocycles. The van der Waals surface area contributed by atoms with E-state index in [1.807, 2.05) is 18.2 Å². The fraction of sp³-hybridized carbons (Fsp3) is 0.386. The van der Waals surface area contributed by atoms with Crippen LogP contribution in [0.25, 0.3) is 10.9 Å². The van der Waals surface area contributed by atoms with Crippen LogP contribution in [-0.2, 0) is 38.8 Å². The van der Waals surface area contributed by atoms with Crippen molar-refractivity contribution in [3.8, 4) is 0 Å². The number of rotatable bonds is 18. The molecule has 2 heterocycles. The number of carbonyl (C=O) groups excluding carboxylic acids is 5. The first kappa shape index (κ1) is 46.1. The van der Waals surface area contributed by atoms with Crippen molar-refractivity contribution in [3.05, 3.63) is 106 Å². The first-order valence-electron chi connectivity index (χ1n) is 20.3. The van der Waals surface area contributed by atoms with Crippen molar-refractivity contribution in [2.45, 2.75) is 65.8 Å². The number of amides is 5. The van der Waals surface area contributed by atoms with Crippen LogP contribution in [0.1, 0.15) is 61.5 Å². The number of alkyl carbamates (subject to hydrolysis) is 1. The summed E-state index contributed by atoms with van der Waals surface area (Å²) in [6.45, 7) is 6.85. The number of ether oxygens (including phenoxy) is 2. The van der Waals surface area contributed by atoms with E-state index in [0.29, 0.717) is 29.7 Å². The molecule has 0 radical (unpaired) electrons. The number of pyridine rings is 1. The average molecular weight is 858 g/mol. The zero-order valence-electron chi connectivity index (χ0n) is 34.9. The summed E-state index contributed by atoms with van der Waals surface area (Å²) in [6, 6.07) is 16.7. The highest BCUT2D eigenvalue weighted by molar-refractivity contribution is 5.97. The number of hydrogen-bond donors (Lipinski definition) is 5. The smallest absolute Gasteiger partial charge is 0.410 e. The number of carboxylic acids is 1. The second-order valence-electron chi connectivity index (χ2n) is 15.2. The number of nitrogens with two attached hydrogens (primary N) is 1. The molecular formula is C44H52FN7O10. The van der Waals surface area contributed by atoms with E-state index < -0.39 is 58.9 Å². The van der Waals surface area contributed by atoms with Gasteiger partial charge in [0.25, 0.3) is 0 Å². The summed E-state index contributed by atoms with van der Waals surface area (Å²) in [5, 5.41) is 17.4. The van der Waals surface area contributed by atoms with Crippen molar-refractivity contribution in [2.75, 3.05) is 42.9 Å². The van der Waals surface area contributed by atoms with Gasteiger partial charge < -0.3 is 50.6 Å². The molecule has 1 aliphatic rings. The summed E-state index contributed by atoms with van der Waals surface area (Å²) < 4.78 is 27.8. The summed E-state index contributed by atoms with van der Waals surface area (Å²) in [5.41, 5.74) is 6.46. The van der Waals surface area contributed by atoms with E-state index >= 15 is 4.39 Å². The van der Waals surface area contributed by atoms with Crippen LogP contribution in [0.3, 0.4) is 0 Å². The molecule has 330 valence electrons. The molecule has 1 saturated heterocycles. The van der Waals surface area contributed by atoms with Gasteiger partial charge in [0.2, 0.25) is 11.3 Å². The topological polar surface area (TPSA) is 232 Å². The Morgan fingerprint density at radius 3 is 2.19 bits per heavy atom. The van der Waals surface area contributed by atoms with Gasteiger partial charge in [0.05, 0.1) is 17.2 Å². The lowest BCUT2D eigenvalue weighted by atomic mass is 9.89. The van der Waals surface area contributed by atoms with Gasteiger partial charge >= 0.3 is 24.2 Å². The maximum absolute atomic E-state index is 15.3. The fourth-order valence-electron chi connectivity index (χ4n) is 7.12. The number of primary amides is 1. The Morgan fingerprint density at radius 1 is 0.903 bits per heavy atom. The minimum absolute atomic E-state index is 0.0210. The number of piperazine rings is 1. The number of nitrogens with one attached hydrogen (secondary N) is 3. The van der Waals surface area contributed by atoms with Crippen LogP contribution in [0.4, 0.5) is 30.1 Å². The number of anilines is 2. The zero-order valence-corrected chi connectivity index (χ0v) is 34.9. The second-order valence-corrected chi connectivity index (χ2v) is 15.2. The molecule has 2 atom stereocenters. The summed E-state index contributed by atoms with van der Waals surface area (Å²) in [4.78, 5) is 91.6. The Hall–Kier alpha value is -6.98. The minimum Gasteiger partial charge on any atom is -0.477 e. The molecule has 5 amide bonds. The van der Waals surface area contributed by atoms with E-state index in [-0.39, 0.29) is 81.6 Å². The molecule has 3 aromatic carbocycles. The fourth-order valence-corrected chi connectivity index (χ4v) is 7.12. The van der Waals surface area contributed by atoms with Crippen molar-refractivity contribution in [1.82, 2.24) is 20.1 Å². The van der Waals surface area contributed by atoms with Gasteiger partial charge in [-0.1, -0.05) is 56.3 Å². The molecule has 62 heavy (non-hydrogen) atoms. The third kappa shape index (κ3) is 12.3. The molecular weight excluding hydrogens is 806 g/mol. The van der Waals surface area contributed by atoms with Crippen molar-refractivity contribution in [1.29, 1.82) is 0 Å². The molecule has 0 spiro atoms. The third-order valence-corrected chi connectivity index (χ3v) is 10.5. The van der Waals surface area contributed by atoms with E-state index in [9.17, 15) is 38.7 Å². The van der Waals surface area contributed by atoms with Crippen molar-refractivity contribution < 1.29 is 47.7 Å². The number of Topliss-reactive ketones (excluding diaryl/α,β-unsaturated/α-hetero) is 1. The number of benzene rings is 3. The number of nitrogens with zero attached hydrogens (tertiary/aromatic N) is 3. The monoisotopic (exact) mass is 857 g/mol. The molecule has 17 nitrogen and oxygen atoms in total. The second kappa shape index (κ2) is 21.5. The quantitative estimate of drug-likeness (QED) is 0.0814. The van der Waals surface area contributed by atoms with E-state index in [1.165, 1.54) is 17.2 Å². The summed E-state index contributed by atoms with van der Waals surface area (Å²) in [5.74, 6) is -3.99. The number of carbonyl (C=O) groups is 6. The molecule has 6 N–H and O–H groups in total. The highest BCUT2D eigenvalue weighted by Crippen LogP contribution is 2.27. The van der Waals surface area contributed by atoms with Crippen LogP contribution >= 0.6 is 0 Å².